The summed E-state index contributed by atoms with van der Waals surface area (Å²) in [6, 6.07) is 0. The molecule has 0 heterocycles. The van der Waals surface area contributed by atoms with Crippen LogP contribution in [-0.2, 0) is 4.79 Å². The monoisotopic (exact) mass is 145 g/mol. The van der Waals surface area contributed by atoms with Gasteiger partial charge in [-0.25, -0.2) is 4.79 Å². The summed E-state index contributed by atoms with van der Waals surface area (Å²) in [5, 5.41) is 16.3. The van der Waals surface area contributed by atoms with Crippen molar-refractivity contribution in [2.24, 2.45) is 0 Å². The van der Waals surface area contributed by atoms with Gasteiger partial charge >= 0.3 is 35.5 Å². The van der Waals surface area contributed by atoms with Crippen molar-refractivity contribution < 1.29 is 15.0 Å². The third-order valence-corrected chi connectivity index (χ3v) is 0.672. The average molecular weight is 145 g/mol. The predicted octanol–water partition coefficient (Wildman–Crippen LogP) is -0.645. The summed E-state index contributed by atoms with van der Waals surface area (Å²) in [7, 11) is 0. The molecule has 5 heteroatoms. The van der Waals surface area contributed by atoms with Crippen LogP contribution in [0.3, 0.4) is 0 Å². The first-order valence-electron chi connectivity index (χ1n) is 2.09. The van der Waals surface area contributed by atoms with Gasteiger partial charge in [-0.2, -0.15) is 0 Å². The number of aliphatic carboxylic acids is 1. The van der Waals surface area contributed by atoms with Gasteiger partial charge in [-0.15, -0.1) is 0 Å². The van der Waals surface area contributed by atoms with E-state index in [0.717, 1.165) is 0 Å². The van der Waals surface area contributed by atoms with Gasteiger partial charge in [-0.05, 0) is 6.42 Å². The molecule has 0 aliphatic rings. The standard InChI is InChI=1S/C4H8O3.H3N.Na.H/c1-2-3(5)4(6)7;;;/h3,5H,2H2,1H3,(H,6,7);1H3;;. The molecule has 52 valence electrons. The van der Waals surface area contributed by atoms with E-state index in [1.165, 1.54) is 0 Å². The molecule has 5 N–H and O–H groups in total. The number of hydrogen-bond acceptors (Lipinski definition) is 3. The molecule has 0 amide bonds. The van der Waals surface area contributed by atoms with E-state index in [1.54, 1.807) is 6.92 Å². The van der Waals surface area contributed by atoms with Crippen molar-refractivity contribution >= 4 is 35.5 Å². The second-order valence-corrected chi connectivity index (χ2v) is 1.26. The molecule has 0 spiro atoms. The molecule has 0 aromatic rings. The van der Waals surface area contributed by atoms with E-state index in [0.29, 0.717) is 0 Å². The van der Waals surface area contributed by atoms with Crippen LogP contribution >= 0.6 is 0 Å². The van der Waals surface area contributed by atoms with Crippen LogP contribution in [0.2, 0.25) is 0 Å². The number of rotatable bonds is 2. The zero-order valence-corrected chi connectivity index (χ0v) is 4.79. The van der Waals surface area contributed by atoms with Gasteiger partial charge in [0.1, 0.15) is 0 Å². The number of aliphatic hydroxyl groups is 1. The van der Waals surface area contributed by atoms with Crippen LogP contribution in [0.5, 0.6) is 0 Å². The Balaban J connectivity index is -0.000000180. The maximum atomic E-state index is 9.68. The zero-order valence-electron chi connectivity index (χ0n) is 4.79. The van der Waals surface area contributed by atoms with Crippen LogP contribution in [-0.4, -0.2) is 51.8 Å². The predicted molar refractivity (Wildman–Crippen MR) is 36.1 cm³/mol. The topological polar surface area (TPSA) is 92.5 Å². The summed E-state index contributed by atoms with van der Waals surface area (Å²) in [4.78, 5) is 9.68. The van der Waals surface area contributed by atoms with Gasteiger partial charge in [0.2, 0.25) is 0 Å². The van der Waals surface area contributed by atoms with Gasteiger partial charge in [0.15, 0.2) is 6.10 Å². The molecular weight excluding hydrogens is 133 g/mol. The normalized spacial score (nSPS) is 10.4. The second kappa shape index (κ2) is 8.39. The van der Waals surface area contributed by atoms with Crippen LogP contribution in [0.15, 0.2) is 0 Å². The van der Waals surface area contributed by atoms with Crippen LogP contribution in [0.4, 0.5) is 0 Å². The third-order valence-electron chi connectivity index (χ3n) is 0.672. The Kier molecular flexibility index (Phi) is 15.1. The van der Waals surface area contributed by atoms with Crippen molar-refractivity contribution in [1.29, 1.82) is 0 Å². The Labute approximate surface area is 76.1 Å². The minimum atomic E-state index is -1.18. The third kappa shape index (κ3) is 8.39. The summed E-state index contributed by atoms with van der Waals surface area (Å²) in [5.41, 5.74) is 0. The summed E-state index contributed by atoms with van der Waals surface area (Å²) >= 11 is 0. The molecule has 0 aromatic carbocycles. The Morgan fingerprint density at radius 2 is 2.00 bits per heavy atom. The first kappa shape index (κ1) is 16.2. The molecule has 1 atom stereocenters. The van der Waals surface area contributed by atoms with E-state index >= 15 is 0 Å². The van der Waals surface area contributed by atoms with Gasteiger partial charge in [-0.3, -0.25) is 0 Å². The Morgan fingerprint density at radius 3 is 2.00 bits per heavy atom. The molecule has 0 saturated carbocycles. The quantitative estimate of drug-likeness (QED) is 0.450. The Hall–Kier alpha value is 0.390. The summed E-state index contributed by atoms with van der Waals surface area (Å²) in [5.74, 6) is -1.15. The summed E-state index contributed by atoms with van der Waals surface area (Å²) in [6.45, 7) is 1.61. The van der Waals surface area contributed by atoms with Gasteiger partial charge in [0, 0.05) is 0 Å². The molecule has 0 bridgehead atoms. The van der Waals surface area contributed by atoms with Crippen LogP contribution in [0.25, 0.3) is 0 Å². The maximum absolute atomic E-state index is 9.68. The van der Waals surface area contributed by atoms with Crippen LogP contribution in [0, 0.1) is 0 Å². The summed E-state index contributed by atoms with van der Waals surface area (Å²) in [6.07, 6.45) is -0.907. The molecule has 0 aromatic heterocycles. The molecule has 0 fully saturated rings. The van der Waals surface area contributed by atoms with Gasteiger partial charge in [-0.1, -0.05) is 6.92 Å². The van der Waals surface area contributed by atoms with E-state index < -0.39 is 12.1 Å². The van der Waals surface area contributed by atoms with Crippen LogP contribution in [0.1, 0.15) is 13.3 Å². The van der Waals surface area contributed by atoms with Crippen molar-refractivity contribution in [3.05, 3.63) is 0 Å². The number of carbonyl (C=O) groups is 1. The molecule has 0 saturated heterocycles. The van der Waals surface area contributed by atoms with Gasteiger partial charge in [0.25, 0.3) is 0 Å². The van der Waals surface area contributed by atoms with E-state index in [9.17, 15) is 4.79 Å². The average Bonchev–Trinajstić information content (AvgIpc) is 1.65. The number of hydrogen-bond donors (Lipinski definition) is 3. The van der Waals surface area contributed by atoms with Crippen molar-refractivity contribution in [1.82, 2.24) is 6.15 Å². The number of aliphatic hydroxyl groups excluding tert-OH is 1. The fourth-order valence-electron chi connectivity index (χ4n) is 0.175. The molecule has 4 nitrogen and oxygen atoms in total. The van der Waals surface area contributed by atoms with Crippen molar-refractivity contribution in [3.63, 3.8) is 0 Å². The summed E-state index contributed by atoms with van der Waals surface area (Å²) < 4.78 is 0. The first-order valence-corrected chi connectivity index (χ1v) is 2.09. The molecule has 0 aliphatic carbocycles. The van der Waals surface area contributed by atoms with Crippen molar-refractivity contribution in [2.45, 2.75) is 19.4 Å². The van der Waals surface area contributed by atoms with E-state index in [1.807, 2.05) is 0 Å². The second-order valence-electron chi connectivity index (χ2n) is 1.26. The fourth-order valence-corrected chi connectivity index (χ4v) is 0.175. The van der Waals surface area contributed by atoms with E-state index in [-0.39, 0.29) is 42.1 Å². The van der Waals surface area contributed by atoms with Crippen molar-refractivity contribution in [2.75, 3.05) is 0 Å². The van der Waals surface area contributed by atoms with E-state index in [2.05, 4.69) is 0 Å². The molecule has 1 unspecified atom stereocenters. The number of carboxylic acids is 1. The van der Waals surface area contributed by atoms with Gasteiger partial charge < -0.3 is 16.4 Å². The molecule has 0 radical (unpaired) electrons. The first-order chi connectivity index (χ1) is 3.18. The van der Waals surface area contributed by atoms with Gasteiger partial charge in [0.05, 0.1) is 0 Å². The minimum absolute atomic E-state index is 0. The SMILES string of the molecule is CCC(O)C(=O)O.N.[NaH]. The van der Waals surface area contributed by atoms with Crippen molar-refractivity contribution in [3.8, 4) is 0 Å². The molecule has 0 aliphatic heterocycles. The molecule has 0 rings (SSSR count). The zero-order chi connectivity index (χ0) is 5.86. The molecule has 9 heavy (non-hydrogen) atoms. The number of carboxylic acid groups (broad SMARTS) is 1. The Bertz CT molecular complexity index is 78.2. The molecular formula is C4H12NNaO3. The van der Waals surface area contributed by atoms with Crippen LogP contribution < -0.4 is 6.15 Å². The van der Waals surface area contributed by atoms with E-state index in [4.69, 9.17) is 10.2 Å². The fraction of sp³-hybridized carbons (Fsp3) is 0.750. The Morgan fingerprint density at radius 1 is 1.67 bits per heavy atom.